The first-order valence-corrected chi connectivity index (χ1v) is 8.56. The molecular weight excluding hydrogens is 318 g/mol. The molecule has 0 spiro atoms. The zero-order valence-electron chi connectivity index (χ0n) is 13.2. The summed E-state index contributed by atoms with van der Waals surface area (Å²) in [5, 5.41) is 6.71. The second kappa shape index (κ2) is 6.45. The van der Waals surface area contributed by atoms with Crippen molar-refractivity contribution in [3.63, 3.8) is 0 Å². The SMILES string of the molecule is Cc1ccccc1-c1cccc2c1NC(NCc1ccco1)=NS2. The number of nitrogens with zero attached hydrogens (tertiary/aromatic N) is 1. The van der Waals surface area contributed by atoms with Crippen LogP contribution in [0.5, 0.6) is 0 Å². The van der Waals surface area contributed by atoms with Crippen LogP contribution in [0.1, 0.15) is 11.3 Å². The lowest BCUT2D eigenvalue weighted by atomic mass is 9.99. The molecule has 0 bridgehead atoms. The Kier molecular flexibility index (Phi) is 4.01. The summed E-state index contributed by atoms with van der Waals surface area (Å²) in [6.07, 6.45) is 1.67. The summed E-state index contributed by atoms with van der Waals surface area (Å²) >= 11 is 1.48. The second-order valence-corrected chi connectivity index (χ2v) is 6.39. The molecule has 0 fully saturated rings. The van der Waals surface area contributed by atoms with E-state index in [2.05, 4.69) is 64.4 Å². The third-order valence-electron chi connectivity index (χ3n) is 3.95. The first kappa shape index (κ1) is 14.9. The van der Waals surface area contributed by atoms with Crippen LogP contribution >= 0.6 is 11.9 Å². The van der Waals surface area contributed by atoms with Gasteiger partial charge in [-0.15, -0.1) is 0 Å². The maximum atomic E-state index is 5.35. The molecule has 5 heteroatoms. The lowest BCUT2D eigenvalue weighted by Crippen LogP contribution is -2.31. The molecule has 0 amide bonds. The van der Waals surface area contributed by atoms with Crippen LogP contribution in [-0.4, -0.2) is 5.96 Å². The molecule has 1 aliphatic rings. The van der Waals surface area contributed by atoms with Gasteiger partial charge in [0, 0.05) is 17.5 Å². The molecule has 1 aliphatic heterocycles. The highest BCUT2D eigenvalue weighted by molar-refractivity contribution is 7.98. The van der Waals surface area contributed by atoms with Crippen LogP contribution in [0.4, 0.5) is 5.69 Å². The summed E-state index contributed by atoms with van der Waals surface area (Å²) in [7, 11) is 0. The van der Waals surface area contributed by atoms with E-state index in [1.165, 1.54) is 28.6 Å². The smallest absolute Gasteiger partial charge is 0.208 e. The number of para-hydroxylation sites is 1. The maximum absolute atomic E-state index is 5.35. The molecule has 0 aliphatic carbocycles. The minimum absolute atomic E-state index is 0.598. The Hall–Kier alpha value is -2.66. The zero-order chi connectivity index (χ0) is 16.4. The van der Waals surface area contributed by atoms with Gasteiger partial charge >= 0.3 is 0 Å². The summed E-state index contributed by atoms with van der Waals surface area (Å²) in [5.41, 5.74) is 4.76. The Morgan fingerprint density at radius 2 is 1.92 bits per heavy atom. The second-order valence-electron chi connectivity index (χ2n) is 5.58. The van der Waals surface area contributed by atoms with Crippen molar-refractivity contribution in [3.8, 4) is 11.1 Å². The van der Waals surface area contributed by atoms with Gasteiger partial charge in [-0.1, -0.05) is 36.4 Å². The Morgan fingerprint density at radius 3 is 2.75 bits per heavy atom. The summed E-state index contributed by atoms with van der Waals surface area (Å²) in [6.45, 7) is 2.73. The molecule has 2 N–H and O–H groups in total. The molecule has 0 saturated heterocycles. The van der Waals surface area contributed by atoms with E-state index in [1.807, 2.05) is 12.1 Å². The van der Waals surface area contributed by atoms with E-state index in [0.29, 0.717) is 6.54 Å². The fourth-order valence-corrected chi connectivity index (χ4v) is 3.42. The molecule has 2 heterocycles. The van der Waals surface area contributed by atoms with Crippen molar-refractivity contribution in [1.82, 2.24) is 5.32 Å². The van der Waals surface area contributed by atoms with Crippen LogP contribution in [0.25, 0.3) is 11.1 Å². The first-order chi connectivity index (χ1) is 11.8. The van der Waals surface area contributed by atoms with Gasteiger partial charge in [0.2, 0.25) is 5.96 Å². The van der Waals surface area contributed by atoms with Gasteiger partial charge in [-0.05, 0) is 36.2 Å². The largest absolute Gasteiger partial charge is 0.467 e. The number of hydrogen-bond donors (Lipinski definition) is 2. The minimum Gasteiger partial charge on any atom is -0.467 e. The highest BCUT2D eigenvalue weighted by atomic mass is 32.2. The summed E-state index contributed by atoms with van der Waals surface area (Å²) < 4.78 is 9.85. The van der Waals surface area contributed by atoms with E-state index in [1.54, 1.807) is 6.26 Å². The minimum atomic E-state index is 0.598. The summed E-state index contributed by atoms with van der Waals surface area (Å²) in [6, 6.07) is 18.5. The third-order valence-corrected chi connectivity index (χ3v) is 4.76. The van der Waals surface area contributed by atoms with Gasteiger partial charge in [0.15, 0.2) is 0 Å². The normalized spacial score (nSPS) is 13.0. The molecule has 4 nitrogen and oxygen atoms in total. The van der Waals surface area contributed by atoms with Crippen LogP contribution in [0.2, 0.25) is 0 Å². The molecule has 4 rings (SSSR count). The van der Waals surface area contributed by atoms with Crippen LogP contribution in [0.3, 0.4) is 0 Å². The van der Waals surface area contributed by atoms with Crippen LogP contribution in [0.15, 0.2) is 74.6 Å². The van der Waals surface area contributed by atoms with Gasteiger partial charge in [0.05, 0.1) is 23.4 Å². The quantitative estimate of drug-likeness (QED) is 0.673. The molecule has 2 aromatic carbocycles. The molecule has 0 saturated carbocycles. The molecule has 24 heavy (non-hydrogen) atoms. The molecular formula is C19H17N3OS. The summed E-state index contributed by atoms with van der Waals surface area (Å²) in [5.74, 6) is 1.62. The zero-order valence-corrected chi connectivity index (χ0v) is 14.1. The van der Waals surface area contributed by atoms with E-state index < -0.39 is 0 Å². The van der Waals surface area contributed by atoms with Crippen molar-refractivity contribution in [2.45, 2.75) is 18.4 Å². The number of furan rings is 1. The number of aryl methyl sites for hydroxylation is 1. The van der Waals surface area contributed by atoms with Gasteiger partial charge in [0.1, 0.15) is 5.76 Å². The fourth-order valence-electron chi connectivity index (χ4n) is 2.73. The van der Waals surface area contributed by atoms with E-state index in [4.69, 9.17) is 4.42 Å². The molecule has 0 radical (unpaired) electrons. The Bertz CT molecular complexity index is 887. The van der Waals surface area contributed by atoms with Crippen molar-refractivity contribution >= 4 is 23.6 Å². The van der Waals surface area contributed by atoms with Gasteiger partial charge in [-0.2, -0.15) is 4.40 Å². The monoisotopic (exact) mass is 335 g/mol. The van der Waals surface area contributed by atoms with Crippen molar-refractivity contribution in [2.24, 2.45) is 4.40 Å². The van der Waals surface area contributed by atoms with E-state index in [9.17, 15) is 0 Å². The van der Waals surface area contributed by atoms with E-state index in [-0.39, 0.29) is 0 Å². The lowest BCUT2D eigenvalue weighted by molar-refractivity contribution is 0.503. The topological polar surface area (TPSA) is 49.6 Å². The van der Waals surface area contributed by atoms with Gasteiger partial charge in [-0.25, -0.2) is 0 Å². The average molecular weight is 335 g/mol. The predicted molar refractivity (Wildman–Crippen MR) is 99.1 cm³/mol. The predicted octanol–water partition coefficient (Wildman–Crippen LogP) is 4.83. The van der Waals surface area contributed by atoms with Crippen molar-refractivity contribution in [3.05, 3.63) is 72.2 Å². The average Bonchev–Trinajstić information content (AvgIpc) is 3.13. The van der Waals surface area contributed by atoms with Crippen LogP contribution < -0.4 is 10.6 Å². The van der Waals surface area contributed by atoms with E-state index >= 15 is 0 Å². The Balaban J connectivity index is 1.61. The number of anilines is 1. The van der Waals surface area contributed by atoms with Gasteiger partial charge in [-0.3, -0.25) is 0 Å². The number of fused-ring (bicyclic) bond motifs is 1. The summed E-state index contributed by atoms with van der Waals surface area (Å²) in [4.78, 5) is 1.12. The van der Waals surface area contributed by atoms with E-state index in [0.717, 1.165) is 22.3 Å². The highest BCUT2D eigenvalue weighted by Crippen LogP contribution is 2.40. The van der Waals surface area contributed by atoms with Crippen LogP contribution in [0, 0.1) is 6.92 Å². The fraction of sp³-hybridized carbons (Fsp3) is 0.105. The third kappa shape index (κ3) is 2.90. The molecule has 0 atom stereocenters. The Labute approximate surface area is 145 Å². The maximum Gasteiger partial charge on any atom is 0.208 e. The number of rotatable bonds is 3. The number of benzene rings is 2. The van der Waals surface area contributed by atoms with Crippen molar-refractivity contribution in [2.75, 3.05) is 5.32 Å². The highest BCUT2D eigenvalue weighted by Gasteiger charge is 2.17. The molecule has 1 aromatic heterocycles. The molecule has 3 aromatic rings. The van der Waals surface area contributed by atoms with Crippen molar-refractivity contribution < 1.29 is 4.42 Å². The first-order valence-electron chi connectivity index (χ1n) is 7.78. The molecule has 120 valence electrons. The van der Waals surface area contributed by atoms with Gasteiger partial charge in [0.25, 0.3) is 0 Å². The number of guanidine groups is 1. The number of nitrogens with one attached hydrogen (secondary N) is 2. The van der Waals surface area contributed by atoms with Gasteiger partial charge < -0.3 is 15.1 Å². The lowest BCUT2D eigenvalue weighted by Gasteiger charge is -2.21. The molecule has 0 unspecified atom stereocenters. The Morgan fingerprint density at radius 1 is 1.04 bits per heavy atom. The van der Waals surface area contributed by atoms with Crippen LogP contribution in [-0.2, 0) is 6.54 Å². The standard InChI is InChI=1S/C19H17N3OS/c1-13-6-2-3-8-15(13)16-9-4-10-17-18(16)21-19(22-24-17)20-12-14-7-5-11-23-14/h2-11H,12H2,1H3,(H2,20,21,22). The number of hydrogen-bond acceptors (Lipinski definition) is 5. The van der Waals surface area contributed by atoms with Crippen molar-refractivity contribution in [1.29, 1.82) is 0 Å².